The minimum atomic E-state index is -1.16. The second kappa shape index (κ2) is 9.83. The van der Waals surface area contributed by atoms with E-state index in [0.717, 1.165) is 18.4 Å². The van der Waals surface area contributed by atoms with Crippen LogP contribution >= 0.6 is 11.6 Å². The monoisotopic (exact) mass is 648 g/mol. The zero-order chi connectivity index (χ0) is 32.3. The highest BCUT2D eigenvalue weighted by Gasteiger charge is 2.63. The first kappa shape index (κ1) is 29.5. The topological polar surface area (TPSA) is 77.1 Å². The number of ether oxygens (including phenoxy) is 3. The molecule has 2 amide bonds. The largest absolute Gasteiger partial charge is 0.489 e. The lowest BCUT2D eigenvalue weighted by Crippen LogP contribution is -2.53. The molecular weight excluding hydrogens is 614 g/mol. The number of fused-ring (bicyclic) bond motifs is 4. The number of carbonyl (C=O) groups excluding carboxylic acids is 2. The predicted molar refractivity (Wildman–Crippen MR) is 167 cm³/mol. The maximum Gasteiger partial charge on any atom is 0.410 e. The molecule has 3 fully saturated rings. The predicted octanol–water partition coefficient (Wildman–Crippen LogP) is 7.51. The van der Waals surface area contributed by atoms with Gasteiger partial charge in [-0.05, 0) is 63.5 Å². The van der Waals surface area contributed by atoms with Crippen molar-refractivity contribution in [1.82, 2.24) is 10.2 Å². The maximum atomic E-state index is 16.8. The highest BCUT2D eigenvalue weighted by atomic mass is 35.5. The number of rotatable bonds is 4. The molecule has 1 spiro atoms. The van der Waals surface area contributed by atoms with Crippen LogP contribution in [0.5, 0.6) is 11.5 Å². The van der Waals surface area contributed by atoms with Crippen LogP contribution < -0.4 is 14.8 Å². The van der Waals surface area contributed by atoms with Crippen LogP contribution in [0.15, 0.2) is 42.5 Å². The molecule has 3 aliphatic heterocycles. The summed E-state index contributed by atoms with van der Waals surface area (Å²) >= 11 is 6.76. The standard InChI is InChI=1S/C36H35ClF2N2O5/c1-34(2,3)46-33(43)41-17-35(10-11-35)16-26(41)36(18-8-6-5-7-9-18)15-21-24(45-36)14-22(38)30(37)28(21)29-20(32(42)40-4)13-25-27(31(29)39)19-12-23(19)44-25/h5-9,13-14,19,23,26H,10-12,15-17H2,1-4H3,(H,40,42)/t19?,23?,26-,36-/m0/s1. The summed E-state index contributed by atoms with van der Waals surface area (Å²) in [6.07, 6.45) is 2.90. The molecule has 0 radical (unpaired) electrons. The molecule has 0 aromatic heterocycles. The summed E-state index contributed by atoms with van der Waals surface area (Å²) in [7, 11) is 1.45. The second-order valence-electron chi connectivity index (χ2n) is 14.5. The molecule has 8 rings (SSSR count). The van der Waals surface area contributed by atoms with Crippen LogP contribution in [-0.4, -0.2) is 48.2 Å². The molecule has 4 atom stereocenters. The van der Waals surface area contributed by atoms with E-state index < -0.39 is 40.9 Å². The van der Waals surface area contributed by atoms with Gasteiger partial charge >= 0.3 is 6.09 Å². The SMILES string of the molecule is CNC(=O)c1cc2c(c(F)c1-c1c(Cl)c(F)cc3c1C[C@](c1ccccc1)([C@@H]1CC4(CC4)CN1C(=O)OC(C)(C)C)O3)C1CC1O2. The van der Waals surface area contributed by atoms with Crippen molar-refractivity contribution in [3.05, 3.63) is 81.4 Å². The number of hydrogen-bond donors (Lipinski definition) is 1. The third kappa shape index (κ3) is 4.41. The number of carbonyl (C=O) groups is 2. The van der Waals surface area contributed by atoms with Crippen LogP contribution in [0.3, 0.4) is 0 Å². The highest BCUT2D eigenvalue weighted by Crippen LogP contribution is 2.62. The summed E-state index contributed by atoms with van der Waals surface area (Å²) in [6.45, 7) is 6.02. The Labute approximate surface area is 271 Å². The van der Waals surface area contributed by atoms with Crippen LogP contribution in [-0.2, 0) is 16.8 Å². The van der Waals surface area contributed by atoms with E-state index >= 15 is 8.78 Å². The number of benzene rings is 3. The van der Waals surface area contributed by atoms with Gasteiger partial charge in [-0.15, -0.1) is 0 Å². The van der Waals surface area contributed by atoms with Crippen molar-refractivity contribution in [2.24, 2.45) is 5.41 Å². The van der Waals surface area contributed by atoms with Crippen LogP contribution in [0.25, 0.3) is 11.1 Å². The fourth-order valence-electron chi connectivity index (χ4n) is 7.86. The Morgan fingerprint density at radius 3 is 2.50 bits per heavy atom. The van der Waals surface area contributed by atoms with Crippen molar-refractivity contribution in [3.63, 3.8) is 0 Å². The Kier molecular flexibility index (Phi) is 6.31. The summed E-state index contributed by atoms with van der Waals surface area (Å²) in [5, 5.41) is 2.29. The quantitative estimate of drug-likeness (QED) is 0.317. The number of halogens is 3. The summed E-state index contributed by atoms with van der Waals surface area (Å²) in [4.78, 5) is 28.8. The lowest BCUT2D eigenvalue weighted by atomic mass is 9.78. The zero-order valence-electron chi connectivity index (χ0n) is 26.1. The zero-order valence-corrected chi connectivity index (χ0v) is 26.9. The lowest BCUT2D eigenvalue weighted by molar-refractivity contribution is -0.0216. The van der Waals surface area contributed by atoms with Gasteiger partial charge in [0, 0.05) is 54.3 Å². The summed E-state index contributed by atoms with van der Waals surface area (Å²) in [6, 6.07) is 11.9. The molecule has 7 nitrogen and oxygen atoms in total. The fourth-order valence-corrected chi connectivity index (χ4v) is 8.12. The number of nitrogens with zero attached hydrogens (tertiary/aromatic N) is 1. The molecule has 3 heterocycles. The maximum absolute atomic E-state index is 16.8. The molecule has 46 heavy (non-hydrogen) atoms. The van der Waals surface area contributed by atoms with Gasteiger partial charge in [0.05, 0.1) is 16.6 Å². The summed E-state index contributed by atoms with van der Waals surface area (Å²) in [5.74, 6) is -1.58. The Morgan fingerprint density at radius 1 is 1.09 bits per heavy atom. The molecule has 10 heteroatoms. The molecule has 3 aromatic rings. The van der Waals surface area contributed by atoms with Crippen LogP contribution in [0.2, 0.25) is 5.02 Å². The average molecular weight is 649 g/mol. The number of amides is 2. The van der Waals surface area contributed by atoms with E-state index in [1.807, 2.05) is 51.1 Å². The van der Waals surface area contributed by atoms with Crippen molar-refractivity contribution in [1.29, 1.82) is 0 Å². The van der Waals surface area contributed by atoms with Gasteiger partial charge in [-0.25, -0.2) is 13.6 Å². The van der Waals surface area contributed by atoms with Crippen LogP contribution in [0, 0.1) is 17.0 Å². The summed E-state index contributed by atoms with van der Waals surface area (Å²) < 4.78 is 51.3. The van der Waals surface area contributed by atoms with Gasteiger partial charge in [0.2, 0.25) is 0 Å². The second-order valence-corrected chi connectivity index (χ2v) is 14.9. The van der Waals surface area contributed by atoms with Crippen LogP contribution in [0.4, 0.5) is 13.6 Å². The molecule has 0 bridgehead atoms. The van der Waals surface area contributed by atoms with Gasteiger partial charge in [0.1, 0.15) is 34.8 Å². The smallest absolute Gasteiger partial charge is 0.410 e. The Hall–Kier alpha value is -3.85. The molecule has 1 N–H and O–H groups in total. The third-order valence-corrected chi connectivity index (χ3v) is 10.7. The molecule has 2 aliphatic carbocycles. The fraction of sp³-hybridized carbons (Fsp3) is 0.444. The van der Waals surface area contributed by atoms with Gasteiger partial charge in [-0.2, -0.15) is 0 Å². The highest BCUT2D eigenvalue weighted by molar-refractivity contribution is 6.34. The molecular formula is C36H35ClF2N2O5. The first-order valence-electron chi connectivity index (χ1n) is 15.9. The summed E-state index contributed by atoms with van der Waals surface area (Å²) in [5.41, 5.74) is -0.257. The van der Waals surface area contributed by atoms with Gasteiger partial charge < -0.3 is 24.4 Å². The van der Waals surface area contributed by atoms with Gasteiger partial charge in [-0.1, -0.05) is 41.9 Å². The molecule has 3 aromatic carbocycles. The first-order valence-corrected chi connectivity index (χ1v) is 16.2. The van der Waals surface area contributed by atoms with E-state index in [1.165, 1.54) is 19.2 Å². The van der Waals surface area contributed by atoms with Crippen molar-refractivity contribution in [3.8, 4) is 22.6 Å². The molecule has 5 aliphatic rings. The van der Waals surface area contributed by atoms with Gasteiger partial charge in [0.25, 0.3) is 5.91 Å². The molecule has 2 saturated carbocycles. The van der Waals surface area contributed by atoms with E-state index in [2.05, 4.69) is 5.32 Å². The first-order chi connectivity index (χ1) is 21.8. The van der Waals surface area contributed by atoms with Crippen molar-refractivity contribution in [2.45, 2.75) is 82.1 Å². The Balaban J connectivity index is 1.32. The van der Waals surface area contributed by atoms with Gasteiger partial charge in [0.15, 0.2) is 5.60 Å². The van der Waals surface area contributed by atoms with Crippen molar-refractivity contribution in [2.75, 3.05) is 13.6 Å². The van der Waals surface area contributed by atoms with E-state index in [9.17, 15) is 9.59 Å². The minimum absolute atomic E-state index is 0.000132. The van der Waals surface area contributed by atoms with E-state index in [0.29, 0.717) is 36.3 Å². The van der Waals surface area contributed by atoms with Crippen molar-refractivity contribution >= 4 is 23.6 Å². The Morgan fingerprint density at radius 2 is 1.83 bits per heavy atom. The normalized spacial score (nSPS) is 26.2. The third-order valence-electron chi connectivity index (χ3n) is 10.3. The minimum Gasteiger partial charge on any atom is -0.489 e. The molecule has 2 unspecified atom stereocenters. The van der Waals surface area contributed by atoms with Crippen LogP contribution in [0.1, 0.15) is 79.4 Å². The number of likely N-dealkylation sites (tertiary alicyclic amines) is 1. The molecule has 1 saturated heterocycles. The van der Waals surface area contributed by atoms with Crippen molar-refractivity contribution < 1.29 is 32.6 Å². The van der Waals surface area contributed by atoms with E-state index in [1.54, 1.807) is 4.90 Å². The Bertz CT molecular complexity index is 1820. The number of hydrogen-bond acceptors (Lipinski definition) is 5. The molecule has 240 valence electrons. The van der Waals surface area contributed by atoms with E-state index in [-0.39, 0.29) is 51.3 Å². The average Bonchev–Trinajstić information content (AvgIpc) is 3.81. The van der Waals surface area contributed by atoms with E-state index in [4.69, 9.17) is 25.8 Å². The number of nitrogens with one attached hydrogen (secondary N) is 1. The lowest BCUT2D eigenvalue weighted by Gasteiger charge is -2.40. The van der Waals surface area contributed by atoms with Gasteiger partial charge in [-0.3, -0.25) is 4.79 Å².